The van der Waals surface area contributed by atoms with Crippen molar-refractivity contribution in [1.82, 2.24) is 14.9 Å². The van der Waals surface area contributed by atoms with Crippen molar-refractivity contribution in [3.63, 3.8) is 0 Å². The summed E-state index contributed by atoms with van der Waals surface area (Å²) in [6.07, 6.45) is 3.40. The second-order valence-corrected chi connectivity index (χ2v) is 8.04. The van der Waals surface area contributed by atoms with Crippen LogP contribution < -0.4 is 16.2 Å². The van der Waals surface area contributed by atoms with Gasteiger partial charge in [-0.1, -0.05) is 12.1 Å². The van der Waals surface area contributed by atoms with Crippen molar-refractivity contribution in [3.05, 3.63) is 57.0 Å². The largest absolute Gasteiger partial charge is 0.347 e. The predicted molar refractivity (Wildman–Crippen MR) is 109 cm³/mol. The van der Waals surface area contributed by atoms with Gasteiger partial charge in [0, 0.05) is 25.2 Å². The fraction of sp³-hybridized carbons (Fsp3) is 0.300. The Labute approximate surface area is 165 Å². The maximum atomic E-state index is 12.6. The van der Waals surface area contributed by atoms with Gasteiger partial charge in [-0.05, 0) is 43.0 Å². The molecule has 3 aromatic rings. The van der Waals surface area contributed by atoms with Gasteiger partial charge in [-0.3, -0.25) is 14.4 Å². The molecule has 8 heteroatoms. The van der Waals surface area contributed by atoms with Crippen LogP contribution in [0.5, 0.6) is 0 Å². The number of aryl methyl sites for hydroxylation is 2. The second kappa shape index (κ2) is 7.20. The first kappa shape index (κ1) is 18.4. The van der Waals surface area contributed by atoms with Crippen LogP contribution in [-0.4, -0.2) is 21.4 Å². The summed E-state index contributed by atoms with van der Waals surface area (Å²) in [5, 5.41) is 6.27. The molecule has 1 fully saturated rings. The lowest BCUT2D eigenvalue weighted by Crippen LogP contribution is -2.23. The number of nitrogens with zero attached hydrogens (tertiary/aromatic N) is 2. The number of rotatable bonds is 5. The molecule has 2 aromatic heterocycles. The predicted octanol–water partition coefficient (Wildman–Crippen LogP) is 2.58. The highest BCUT2D eigenvalue weighted by Gasteiger charge is 2.29. The lowest BCUT2D eigenvalue weighted by Gasteiger charge is -2.07. The molecule has 1 aromatic carbocycles. The summed E-state index contributed by atoms with van der Waals surface area (Å²) in [7, 11) is 1.64. The van der Waals surface area contributed by atoms with Crippen LogP contribution in [0.4, 0.5) is 5.69 Å². The Morgan fingerprint density at radius 1 is 1.25 bits per heavy atom. The smallest absolute Gasteiger partial charge is 0.262 e. The van der Waals surface area contributed by atoms with Crippen LogP contribution in [0.25, 0.3) is 10.2 Å². The zero-order chi connectivity index (χ0) is 19.8. The molecule has 2 heterocycles. The number of hydrogen-bond acceptors (Lipinski definition) is 5. The van der Waals surface area contributed by atoms with E-state index in [1.54, 1.807) is 14.0 Å². The van der Waals surface area contributed by atoms with E-state index in [9.17, 15) is 14.4 Å². The SMILES string of the molecule is Cc1c(C(=O)NCc2ccc(NC(=O)C3CC3)cc2)sc2ncn(C)c(=O)c12. The molecule has 0 spiro atoms. The Bertz CT molecular complexity index is 1130. The average Bonchev–Trinajstić information content (AvgIpc) is 3.48. The zero-order valence-electron chi connectivity index (χ0n) is 15.6. The highest BCUT2D eigenvalue weighted by atomic mass is 32.1. The Hall–Kier alpha value is -3.00. The lowest BCUT2D eigenvalue weighted by molar-refractivity contribution is -0.117. The van der Waals surface area contributed by atoms with Gasteiger partial charge in [-0.2, -0.15) is 0 Å². The number of benzene rings is 1. The van der Waals surface area contributed by atoms with Gasteiger partial charge in [0.25, 0.3) is 11.5 Å². The number of carbonyl (C=O) groups is 2. The van der Waals surface area contributed by atoms with E-state index in [0.29, 0.717) is 27.2 Å². The number of thiophene rings is 1. The van der Waals surface area contributed by atoms with Gasteiger partial charge in [0.1, 0.15) is 4.83 Å². The normalized spacial score (nSPS) is 13.5. The third-order valence-electron chi connectivity index (χ3n) is 4.84. The van der Waals surface area contributed by atoms with Crippen molar-refractivity contribution in [2.24, 2.45) is 13.0 Å². The van der Waals surface area contributed by atoms with Crippen LogP contribution in [0, 0.1) is 12.8 Å². The molecular formula is C20H20N4O3S. The Balaban J connectivity index is 1.43. The van der Waals surface area contributed by atoms with Gasteiger partial charge in [0.2, 0.25) is 5.91 Å². The van der Waals surface area contributed by atoms with Crippen LogP contribution in [0.2, 0.25) is 0 Å². The number of anilines is 1. The van der Waals surface area contributed by atoms with E-state index < -0.39 is 0 Å². The molecule has 0 saturated heterocycles. The third kappa shape index (κ3) is 3.55. The van der Waals surface area contributed by atoms with E-state index in [1.165, 1.54) is 22.2 Å². The third-order valence-corrected chi connectivity index (χ3v) is 6.04. The highest BCUT2D eigenvalue weighted by Crippen LogP contribution is 2.30. The molecule has 1 aliphatic rings. The van der Waals surface area contributed by atoms with Crippen LogP contribution in [0.15, 0.2) is 35.4 Å². The van der Waals surface area contributed by atoms with Crippen molar-refractivity contribution in [3.8, 4) is 0 Å². The van der Waals surface area contributed by atoms with E-state index in [1.807, 2.05) is 24.3 Å². The quantitative estimate of drug-likeness (QED) is 0.693. The molecule has 2 amide bonds. The van der Waals surface area contributed by atoms with Crippen LogP contribution in [0.1, 0.15) is 33.6 Å². The molecule has 1 saturated carbocycles. The molecule has 7 nitrogen and oxygen atoms in total. The van der Waals surface area contributed by atoms with Crippen LogP contribution in [-0.2, 0) is 18.4 Å². The van der Waals surface area contributed by atoms with E-state index in [0.717, 1.165) is 24.1 Å². The Morgan fingerprint density at radius 3 is 2.64 bits per heavy atom. The maximum absolute atomic E-state index is 12.6. The molecule has 0 aliphatic heterocycles. The number of fused-ring (bicyclic) bond motifs is 1. The Kier molecular flexibility index (Phi) is 4.72. The fourth-order valence-electron chi connectivity index (χ4n) is 2.98. The van der Waals surface area contributed by atoms with Gasteiger partial charge in [0.15, 0.2) is 0 Å². The summed E-state index contributed by atoms with van der Waals surface area (Å²) in [4.78, 5) is 42.0. The number of nitrogens with one attached hydrogen (secondary N) is 2. The van der Waals surface area contributed by atoms with Gasteiger partial charge in [-0.25, -0.2) is 4.98 Å². The first-order valence-corrected chi connectivity index (χ1v) is 9.88. The van der Waals surface area contributed by atoms with Crippen LogP contribution in [0.3, 0.4) is 0 Å². The average molecular weight is 396 g/mol. The number of carbonyl (C=O) groups excluding carboxylic acids is 2. The van der Waals surface area contributed by atoms with Gasteiger partial charge in [-0.15, -0.1) is 11.3 Å². The minimum absolute atomic E-state index is 0.0704. The summed E-state index contributed by atoms with van der Waals surface area (Å²) in [6.45, 7) is 2.13. The van der Waals surface area contributed by atoms with E-state index in [2.05, 4.69) is 15.6 Å². The highest BCUT2D eigenvalue weighted by molar-refractivity contribution is 7.20. The minimum atomic E-state index is -0.228. The monoisotopic (exact) mass is 396 g/mol. The summed E-state index contributed by atoms with van der Waals surface area (Å²) in [6, 6.07) is 7.41. The molecule has 2 N–H and O–H groups in total. The van der Waals surface area contributed by atoms with Crippen LogP contribution >= 0.6 is 11.3 Å². The summed E-state index contributed by atoms with van der Waals surface area (Å²) in [5.74, 6) is 0.00420. The zero-order valence-corrected chi connectivity index (χ0v) is 16.4. The summed E-state index contributed by atoms with van der Waals surface area (Å²) in [5.41, 5.74) is 2.19. The first-order valence-electron chi connectivity index (χ1n) is 9.07. The maximum Gasteiger partial charge on any atom is 0.262 e. The summed E-state index contributed by atoms with van der Waals surface area (Å²) < 4.78 is 1.41. The first-order chi connectivity index (χ1) is 13.4. The van der Waals surface area contributed by atoms with Gasteiger partial charge >= 0.3 is 0 Å². The molecule has 144 valence electrons. The molecule has 0 atom stereocenters. The molecular weight excluding hydrogens is 376 g/mol. The van der Waals surface area contributed by atoms with Crippen molar-refractivity contribution in [1.29, 1.82) is 0 Å². The van der Waals surface area contributed by atoms with Crippen molar-refractivity contribution in [2.45, 2.75) is 26.3 Å². The topological polar surface area (TPSA) is 93.1 Å². The van der Waals surface area contributed by atoms with Crippen molar-refractivity contribution in [2.75, 3.05) is 5.32 Å². The molecule has 28 heavy (non-hydrogen) atoms. The van der Waals surface area contributed by atoms with E-state index in [-0.39, 0.29) is 23.3 Å². The molecule has 0 radical (unpaired) electrons. The number of hydrogen-bond donors (Lipinski definition) is 2. The molecule has 4 rings (SSSR count). The molecule has 1 aliphatic carbocycles. The van der Waals surface area contributed by atoms with Crippen molar-refractivity contribution < 1.29 is 9.59 Å². The summed E-state index contributed by atoms with van der Waals surface area (Å²) >= 11 is 1.22. The standard InChI is InChI=1S/C20H20N4O3S/c1-11-15-19(22-10-24(2)20(15)27)28-16(11)18(26)21-9-12-3-7-14(8-4-12)23-17(25)13-5-6-13/h3-4,7-8,10,13H,5-6,9H2,1-2H3,(H,21,26)(H,23,25). The second-order valence-electron chi connectivity index (χ2n) is 7.04. The molecule has 0 bridgehead atoms. The fourth-order valence-corrected chi connectivity index (χ4v) is 4.04. The Morgan fingerprint density at radius 2 is 1.96 bits per heavy atom. The number of aromatic nitrogens is 2. The molecule has 0 unspecified atom stereocenters. The van der Waals surface area contributed by atoms with E-state index >= 15 is 0 Å². The number of amides is 2. The van der Waals surface area contributed by atoms with Gasteiger partial charge < -0.3 is 15.2 Å². The van der Waals surface area contributed by atoms with Crippen molar-refractivity contribution >= 4 is 39.1 Å². The minimum Gasteiger partial charge on any atom is -0.347 e. The van der Waals surface area contributed by atoms with E-state index in [4.69, 9.17) is 0 Å². The lowest BCUT2D eigenvalue weighted by atomic mass is 10.2. The van der Waals surface area contributed by atoms with Gasteiger partial charge in [0.05, 0.1) is 16.6 Å².